The second-order valence-corrected chi connectivity index (χ2v) is 5.92. The van der Waals surface area contributed by atoms with Gasteiger partial charge in [-0.05, 0) is 50.1 Å². The van der Waals surface area contributed by atoms with Crippen molar-refractivity contribution in [3.63, 3.8) is 0 Å². The standard InChI is InChI=1S/C20H18O4/c1-12-4-5-13(2)16(8-12)11-23-17-7-6-15-9-18(14(3)21)20(22)24-19(15)10-17/h4-10H,11H2,1-3H3. The Balaban J connectivity index is 1.88. The zero-order chi connectivity index (χ0) is 17.3. The lowest BCUT2D eigenvalue weighted by Crippen LogP contribution is -2.10. The number of hydrogen-bond donors (Lipinski definition) is 0. The lowest BCUT2D eigenvalue weighted by molar-refractivity contribution is 0.101. The monoisotopic (exact) mass is 322 g/mol. The van der Waals surface area contributed by atoms with Crippen LogP contribution >= 0.6 is 0 Å². The average Bonchev–Trinajstić information content (AvgIpc) is 2.54. The molecule has 1 aromatic heterocycles. The van der Waals surface area contributed by atoms with Gasteiger partial charge < -0.3 is 9.15 Å². The van der Waals surface area contributed by atoms with Crippen molar-refractivity contribution >= 4 is 16.8 Å². The van der Waals surface area contributed by atoms with Crippen LogP contribution in [0.15, 0.2) is 51.7 Å². The third-order valence-electron chi connectivity index (χ3n) is 3.99. The van der Waals surface area contributed by atoms with E-state index in [4.69, 9.17) is 9.15 Å². The summed E-state index contributed by atoms with van der Waals surface area (Å²) in [7, 11) is 0. The Morgan fingerprint density at radius 1 is 1.08 bits per heavy atom. The second kappa shape index (κ2) is 6.32. The zero-order valence-electron chi connectivity index (χ0n) is 13.9. The summed E-state index contributed by atoms with van der Waals surface area (Å²) in [5.74, 6) is 0.308. The van der Waals surface area contributed by atoms with Gasteiger partial charge in [-0.2, -0.15) is 0 Å². The van der Waals surface area contributed by atoms with Crippen molar-refractivity contribution in [3.05, 3.63) is 75.1 Å². The number of carbonyl (C=O) groups is 1. The lowest BCUT2D eigenvalue weighted by atomic mass is 10.1. The summed E-state index contributed by atoms with van der Waals surface area (Å²) >= 11 is 0. The minimum atomic E-state index is -0.623. The van der Waals surface area contributed by atoms with E-state index >= 15 is 0 Å². The van der Waals surface area contributed by atoms with Crippen molar-refractivity contribution in [3.8, 4) is 5.75 Å². The first-order valence-electron chi connectivity index (χ1n) is 7.72. The van der Waals surface area contributed by atoms with E-state index in [2.05, 4.69) is 18.2 Å². The molecule has 0 aliphatic rings. The highest BCUT2D eigenvalue weighted by Crippen LogP contribution is 2.22. The van der Waals surface area contributed by atoms with Gasteiger partial charge in [-0.1, -0.05) is 23.8 Å². The largest absolute Gasteiger partial charge is 0.489 e. The Labute approximate surface area is 139 Å². The molecule has 0 spiro atoms. The number of ether oxygens (including phenoxy) is 1. The van der Waals surface area contributed by atoms with Crippen LogP contribution < -0.4 is 10.4 Å². The molecule has 4 nitrogen and oxygen atoms in total. The fraction of sp³-hybridized carbons (Fsp3) is 0.200. The Hall–Kier alpha value is -2.88. The summed E-state index contributed by atoms with van der Waals surface area (Å²) in [5.41, 5.74) is 3.31. The van der Waals surface area contributed by atoms with E-state index in [0.717, 1.165) is 5.56 Å². The molecular formula is C20H18O4. The molecule has 0 saturated carbocycles. The van der Waals surface area contributed by atoms with Gasteiger partial charge in [0, 0.05) is 11.5 Å². The van der Waals surface area contributed by atoms with Crippen molar-refractivity contribution in [2.24, 2.45) is 0 Å². The molecule has 0 radical (unpaired) electrons. The SMILES string of the molecule is CC(=O)c1cc2ccc(OCc3cc(C)ccc3C)cc2oc1=O. The maximum atomic E-state index is 11.8. The summed E-state index contributed by atoms with van der Waals surface area (Å²) in [6, 6.07) is 13.0. The summed E-state index contributed by atoms with van der Waals surface area (Å²) in [6.45, 7) is 5.87. The van der Waals surface area contributed by atoms with Crippen molar-refractivity contribution in [1.29, 1.82) is 0 Å². The Kier molecular flexibility index (Phi) is 4.21. The summed E-state index contributed by atoms with van der Waals surface area (Å²) in [6.07, 6.45) is 0. The van der Waals surface area contributed by atoms with E-state index in [0.29, 0.717) is 23.3 Å². The maximum Gasteiger partial charge on any atom is 0.347 e. The highest BCUT2D eigenvalue weighted by molar-refractivity contribution is 5.96. The summed E-state index contributed by atoms with van der Waals surface area (Å²) < 4.78 is 11.1. The van der Waals surface area contributed by atoms with Gasteiger partial charge in [0.1, 0.15) is 23.5 Å². The molecule has 0 aliphatic carbocycles. The minimum absolute atomic E-state index is 0.0616. The number of rotatable bonds is 4. The van der Waals surface area contributed by atoms with E-state index in [-0.39, 0.29) is 11.3 Å². The molecule has 0 fully saturated rings. The number of ketones is 1. The minimum Gasteiger partial charge on any atom is -0.489 e. The molecule has 0 bridgehead atoms. The second-order valence-electron chi connectivity index (χ2n) is 5.92. The molecule has 0 atom stereocenters. The van der Waals surface area contributed by atoms with Gasteiger partial charge in [-0.15, -0.1) is 0 Å². The molecular weight excluding hydrogens is 304 g/mol. The quantitative estimate of drug-likeness (QED) is 0.534. The van der Waals surface area contributed by atoms with Crippen LogP contribution in [0.4, 0.5) is 0 Å². The number of fused-ring (bicyclic) bond motifs is 1. The van der Waals surface area contributed by atoms with Crippen LogP contribution in [0.25, 0.3) is 11.0 Å². The Bertz CT molecular complexity index is 983. The lowest BCUT2D eigenvalue weighted by Gasteiger charge is -2.10. The molecule has 3 rings (SSSR count). The molecule has 1 heterocycles. The van der Waals surface area contributed by atoms with E-state index < -0.39 is 5.63 Å². The van der Waals surface area contributed by atoms with Crippen LogP contribution in [0.1, 0.15) is 34.0 Å². The van der Waals surface area contributed by atoms with E-state index in [1.165, 1.54) is 18.1 Å². The molecule has 4 heteroatoms. The predicted molar refractivity (Wildman–Crippen MR) is 92.7 cm³/mol. The molecule has 122 valence electrons. The van der Waals surface area contributed by atoms with Crippen molar-refractivity contribution in [1.82, 2.24) is 0 Å². The third-order valence-corrected chi connectivity index (χ3v) is 3.99. The van der Waals surface area contributed by atoms with Gasteiger partial charge in [0.2, 0.25) is 0 Å². The molecule has 2 aromatic carbocycles. The topological polar surface area (TPSA) is 56.5 Å². The van der Waals surface area contributed by atoms with Gasteiger partial charge in [-0.3, -0.25) is 4.79 Å². The van der Waals surface area contributed by atoms with Crippen LogP contribution in [0.5, 0.6) is 5.75 Å². The van der Waals surface area contributed by atoms with E-state index in [1.54, 1.807) is 24.3 Å². The normalized spacial score (nSPS) is 10.8. The van der Waals surface area contributed by atoms with Crippen LogP contribution in [0.3, 0.4) is 0 Å². The van der Waals surface area contributed by atoms with Gasteiger partial charge >= 0.3 is 5.63 Å². The van der Waals surface area contributed by atoms with Crippen LogP contribution in [0, 0.1) is 13.8 Å². The fourth-order valence-electron chi connectivity index (χ4n) is 2.54. The molecule has 0 N–H and O–H groups in total. The number of Topliss-reactive ketones (excluding diaryl/α,β-unsaturated/α-hetero) is 1. The van der Waals surface area contributed by atoms with Gasteiger partial charge in [-0.25, -0.2) is 4.79 Å². The number of hydrogen-bond acceptors (Lipinski definition) is 4. The molecule has 0 amide bonds. The van der Waals surface area contributed by atoms with E-state index in [9.17, 15) is 9.59 Å². The highest BCUT2D eigenvalue weighted by Gasteiger charge is 2.10. The van der Waals surface area contributed by atoms with E-state index in [1.807, 2.05) is 13.8 Å². The van der Waals surface area contributed by atoms with Crippen LogP contribution in [0.2, 0.25) is 0 Å². The first-order valence-corrected chi connectivity index (χ1v) is 7.72. The first-order chi connectivity index (χ1) is 11.4. The fourth-order valence-corrected chi connectivity index (χ4v) is 2.54. The number of carbonyl (C=O) groups excluding carboxylic acids is 1. The molecule has 0 aliphatic heterocycles. The average molecular weight is 322 g/mol. The summed E-state index contributed by atoms with van der Waals surface area (Å²) in [4.78, 5) is 23.2. The summed E-state index contributed by atoms with van der Waals surface area (Å²) in [5, 5.41) is 0.693. The van der Waals surface area contributed by atoms with Gasteiger partial charge in [0.25, 0.3) is 0 Å². The van der Waals surface area contributed by atoms with Crippen molar-refractivity contribution < 1.29 is 13.9 Å². The highest BCUT2D eigenvalue weighted by atomic mass is 16.5. The van der Waals surface area contributed by atoms with Crippen LogP contribution in [-0.2, 0) is 6.61 Å². The van der Waals surface area contributed by atoms with Crippen LogP contribution in [-0.4, -0.2) is 5.78 Å². The Morgan fingerprint density at radius 2 is 1.88 bits per heavy atom. The Morgan fingerprint density at radius 3 is 2.62 bits per heavy atom. The first kappa shape index (κ1) is 16.0. The molecule has 3 aromatic rings. The predicted octanol–water partition coefficient (Wildman–Crippen LogP) is 4.19. The van der Waals surface area contributed by atoms with Gasteiger partial charge in [0.15, 0.2) is 5.78 Å². The third kappa shape index (κ3) is 3.23. The van der Waals surface area contributed by atoms with Gasteiger partial charge in [0.05, 0.1) is 0 Å². The maximum absolute atomic E-state index is 11.8. The number of aryl methyl sites for hydroxylation is 2. The van der Waals surface area contributed by atoms with Crippen molar-refractivity contribution in [2.45, 2.75) is 27.4 Å². The smallest absolute Gasteiger partial charge is 0.347 e. The number of benzene rings is 2. The van der Waals surface area contributed by atoms with Crippen molar-refractivity contribution in [2.75, 3.05) is 0 Å². The molecule has 24 heavy (non-hydrogen) atoms. The molecule has 0 saturated heterocycles. The zero-order valence-corrected chi connectivity index (χ0v) is 13.9. The molecule has 0 unspecified atom stereocenters.